The first-order valence-corrected chi connectivity index (χ1v) is 5.53. The van der Waals surface area contributed by atoms with Crippen LogP contribution in [0.5, 0.6) is 0 Å². The van der Waals surface area contributed by atoms with Crippen molar-refractivity contribution < 1.29 is 17.1 Å². The molecule has 0 N–H and O–H groups in total. The van der Waals surface area contributed by atoms with Gasteiger partial charge in [0.25, 0.3) is 0 Å². The van der Waals surface area contributed by atoms with Gasteiger partial charge in [-0.1, -0.05) is 12.1 Å². The van der Waals surface area contributed by atoms with Gasteiger partial charge in [-0.2, -0.15) is 0 Å². The molecule has 0 saturated heterocycles. The fourth-order valence-electron chi connectivity index (χ4n) is 1.17. The van der Waals surface area contributed by atoms with Crippen molar-refractivity contribution in [2.45, 2.75) is 0 Å². The summed E-state index contributed by atoms with van der Waals surface area (Å²) >= 11 is 0. The van der Waals surface area contributed by atoms with E-state index in [0.717, 1.165) is 11.4 Å². The molecule has 2 heterocycles. The summed E-state index contributed by atoms with van der Waals surface area (Å²) in [6.45, 7) is 0. The first-order valence-electron chi connectivity index (χ1n) is 5.53. The summed E-state index contributed by atoms with van der Waals surface area (Å²) in [5.74, 6) is 0. The van der Waals surface area contributed by atoms with Gasteiger partial charge in [0.1, 0.15) is 0 Å². The molecule has 2 aromatic heterocycles. The zero-order valence-electron chi connectivity index (χ0n) is 10.9. The molecule has 19 heavy (non-hydrogen) atoms. The molecule has 1 radical (unpaired) electrons. The van der Waals surface area contributed by atoms with Crippen LogP contribution in [0.3, 0.4) is 0 Å². The van der Waals surface area contributed by atoms with Crippen LogP contribution in [0.15, 0.2) is 58.8 Å². The monoisotopic (exact) mass is 303 g/mol. The molecule has 2 rings (SSSR count). The Morgan fingerprint density at radius 1 is 0.789 bits per heavy atom. The molecule has 0 unspecified atom stereocenters. The number of pyridine rings is 2. The van der Waals surface area contributed by atoms with Crippen molar-refractivity contribution in [2.24, 2.45) is 9.98 Å². The predicted octanol–water partition coefficient (Wildman–Crippen LogP) is 2.26. The molecule has 5 heteroatoms. The summed E-state index contributed by atoms with van der Waals surface area (Å²) < 4.78 is 0. The van der Waals surface area contributed by atoms with E-state index in [1.54, 1.807) is 38.9 Å². The maximum atomic E-state index is 4.02. The van der Waals surface area contributed by atoms with Gasteiger partial charge in [-0.05, 0) is 24.3 Å². The van der Waals surface area contributed by atoms with E-state index in [1.807, 2.05) is 36.4 Å². The summed E-state index contributed by atoms with van der Waals surface area (Å²) in [6.07, 6.45) is 6.94. The van der Waals surface area contributed by atoms with Crippen LogP contribution in [0.25, 0.3) is 0 Å². The smallest absolute Gasteiger partial charge is 0.0807 e. The predicted molar refractivity (Wildman–Crippen MR) is 75.5 cm³/mol. The van der Waals surface area contributed by atoms with E-state index in [4.69, 9.17) is 0 Å². The van der Waals surface area contributed by atoms with Crippen LogP contribution in [0, 0.1) is 0 Å². The SMILES string of the molecule is CN=Cc1ccccn1.CN=Cc1ccccn1.[Cu]. The molecule has 0 aliphatic heterocycles. The third kappa shape index (κ3) is 7.97. The number of nitrogens with zero attached hydrogens (tertiary/aromatic N) is 4. The zero-order valence-corrected chi connectivity index (χ0v) is 11.8. The number of hydrogen-bond acceptors (Lipinski definition) is 4. The molecule has 0 fully saturated rings. The second kappa shape index (κ2) is 11.3. The van der Waals surface area contributed by atoms with Gasteiger partial charge in [0.05, 0.1) is 11.4 Å². The van der Waals surface area contributed by atoms with Gasteiger partial charge < -0.3 is 0 Å². The first kappa shape index (κ1) is 17.2. The van der Waals surface area contributed by atoms with Crippen molar-refractivity contribution in [3.05, 3.63) is 60.2 Å². The summed E-state index contributed by atoms with van der Waals surface area (Å²) in [4.78, 5) is 15.7. The Morgan fingerprint density at radius 3 is 1.47 bits per heavy atom. The molecule has 0 bridgehead atoms. The van der Waals surface area contributed by atoms with E-state index >= 15 is 0 Å². The molecule has 2 aromatic rings. The minimum Gasteiger partial charge on any atom is -0.294 e. The summed E-state index contributed by atoms with van der Waals surface area (Å²) in [5.41, 5.74) is 1.81. The van der Waals surface area contributed by atoms with Crippen LogP contribution in [0.4, 0.5) is 0 Å². The Morgan fingerprint density at radius 2 is 1.21 bits per heavy atom. The molecule has 0 spiro atoms. The summed E-state index contributed by atoms with van der Waals surface area (Å²) in [6, 6.07) is 11.5. The Bertz CT molecular complexity index is 436. The molecular weight excluding hydrogens is 288 g/mol. The van der Waals surface area contributed by atoms with E-state index in [2.05, 4.69) is 20.0 Å². The van der Waals surface area contributed by atoms with Crippen LogP contribution in [0.1, 0.15) is 11.4 Å². The third-order valence-electron chi connectivity index (χ3n) is 1.90. The Hall–Kier alpha value is -1.84. The zero-order chi connectivity index (χ0) is 13.1. The van der Waals surface area contributed by atoms with Crippen LogP contribution in [-0.2, 0) is 17.1 Å². The van der Waals surface area contributed by atoms with Crippen molar-refractivity contribution >= 4 is 12.4 Å². The fourth-order valence-corrected chi connectivity index (χ4v) is 1.17. The van der Waals surface area contributed by atoms with Crippen molar-refractivity contribution in [3.63, 3.8) is 0 Å². The Balaban J connectivity index is 0.000000324. The third-order valence-corrected chi connectivity index (χ3v) is 1.90. The Labute approximate surface area is 124 Å². The maximum Gasteiger partial charge on any atom is 0.0807 e. The minimum absolute atomic E-state index is 0. The van der Waals surface area contributed by atoms with Crippen LogP contribution >= 0.6 is 0 Å². The number of hydrogen-bond donors (Lipinski definition) is 0. The molecule has 0 aliphatic carbocycles. The first-order chi connectivity index (χ1) is 8.86. The van der Waals surface area contributed by atoms with E-state index < -0.39 is 0 Å². The van der Waals surface area contributed by atoms with Gasteiger partial charge in [0.2, 0.25) is 0 Å². The van der Waals surface area contributed by atoms with Crippen molar-refractivity contribution in [1.29, 1.82) is 0 Å². The molecular formula is C14H16CuN4. The van der Waals surface area contributed by atoms with Crippen molar-refractivity contribution in [3.8, 4) is 0 Å². The molecule has 0 saturated carbocycles. The fraction of sp³-hybridized carbons (Fsp3) is 0.143. The van der Waals surface area contributed by atoms with Crippen molar-refractivity contribution in [1.82, 2.24) is 9.97 Å². The van der Waals surface area contributed by atoms with E-state index in [-0.39, 0.29) is 17.1 Å². The van der Waals surface area contributed by atoms with Crippen LogP contribution < -0.4 is 0 Å². The van der Waals surface area contributed by atoms with Gasteiger partial charge in [0.15, 0.2) is 0 Å². The number of aromatic nitrogens is 2. The average molecular weight is 304 g/mol. The normalized spacial score (nSPS) is 9.79. The molecule has 103 valence electrons. The number of rotatable bonds is 2. The van der Waals surface area contributed by atoms with Gasteiger partial charge in [-0.15, -0.1) is 0 Å². The summed E-state index contributed by atoms with van der Waals surface area (Å²) in [7, 11) is 3.46. The largest absolute Gasteiger partial charge is 0.294 e. The molecule has 0 aliphatic rings. The average Bonchev–Trinajstić information content (AvgIpc) is 2.43. The molecule has 0 atom stereocenters. The maximum absolute atomic E-state index is 4.02. The van der Waals surface area contributed by atoms with Crippen LogP contribution in [-0.4, -0.2) is 36.5 Å². The quantitative estimate of drug-likeness (QED) is 0.631. The van der Waals surface area contributed by atoms with E-state index in [9.17, 15) is 0 Å². The van der Waals surface area contributed by atoms with Gasteiger partial charge in [-0.25, -0.2) is 0 Å². The van der Waals surface area contributed by atoms with Crippen molar-refractivity contribution in [2.75, 3.05) is 14.1 Å². The van der Waals surface area contributed by atoms with E-state index in [1.165, 1.54) is 0 Å². The molecule has 0 aromatic carbocycles. The summed E-state index contributed by atoms with van der Waals surface area (Å²) in [5, 5.41) is 0. The van der Waals surface area contributed by atoms with Gasteiger partial charge in [-0.3, -0.25) is 20.0 Å². The second-order valence-electron chi connectivity index (χ2n) is 3.28. The molecule has 4 nitrogen and oxygen atoms in total. The van der Waals surface area contributed by atoms with E-state index in [0.29, 0.717) is 0 Å². The standard InChI is InChI=1S/2C7H8N2.Cu/c2*1-8-6-7-4-2-3-5-9-7;/h2*2-6H,1H3;. The Kier molecular flexibility index (Phi) is 10.2. The van der Waals surface area contributed by atoms with Gasteiger partial charge >= 0.3 is 0 Å². The topological polar surface area (TPSA) is 50.5 Å². The minimum atomic E-state index is 0. The van der Waals surface area contributed by atoms with Gasteiger partial charge in [0, 0.05) is 56.0 Å². The van der Waals surface area contributed by atoms with Crippen LogP contribution in [0.2, 0.25) is 0 Å². The second-order valence-corrected chi connectivity index (χ2v) is 3.28. The molecule has 0 amide bonds. The number of aliphatic imine (C=N–C) groups is 2.